The normalized spacial score (nSPS) is 10.6. The van der Waals surface area contributed by atoms with Crippen LogP contribution in [0.1, 0.15) is 27.4 Å². The first kappa shape index (κ1) is 15.0. The number of amides is 1. The van der Waals surface area contributed by atoms with Crippen molar-refractivity contribution in [2.45, 2.75) is 20.8 Å². The highest BCUT2D eigenvalue weighted by Gasteiger charge is 2.09. The van der Waals surface area contributed by atoms with Gasteiger partial charge < -0.3 is 9.73 Å². The second kappa shape index (κ2) is 6.04. The zero-order chi connectivity index (χ0) is 16.4. The van der Waals surface area contributed by atoms with Gasteiger partial charge in [-0.1, -0.05) is 6.07 Å². The van der Waals surface area contributed by atoms with Gasteiger partial charge in [0.25, 0.3) is 5.91 Å². The fourth-order valence-electron chi connectivity index (χ4n) is 2.43. The van der Waals surface area contributed by atoms with E-state index in [1.807, 2.05) is 26.0 Å². The van der Waals surface area contributed by atoms with Crippen LogP contribution in [0.25, 0.3) is 11.5 Å². The van der Waals surface area contributed by atoms with Gasteiger partial charge in [-0.05, 0) is 61.4 Å². The van der Waals surface area contributed by atoms with Crippen LogP contribution in [0.2, 0.25) is 0 Å². The first-order chi connectivity index (χ1) is 11.0. The van der Waals surface area contributed by atoms with Crippen LogP contribution < -0.4 is 5.32 Å². The number of anilines is 1. The van der Waals surface area contributed by atoms with Gasteiger partial charge in [0.05, 0.1) is 0 Å². The van der Waals surface area contributed by atoms with Gasteiger partial charge in [-0.25, -0.2) is 0 Å². The predicted molar refractivity (Wildman–Crippen MR) is 88.3 cm³/mol. The quantitative estimate of drug-likeness (QED) is 0.796. The molecule has 1 N–H and O–H groups in total. The van der Waals surface area contributed by atoms with E-state index >= 15 is 0 Å². The van der Waals surface area contributed by atoms with Crippen molar-refractivity contribution < 1.29 is 9.21 Å². The van der Waals surface area contributed by atoms with Crippen molar-refractivity contribution in [2.75, 3.05) is 5.32 Å². The van der Waals surface area contributed by atoms with Crippen LogP contribution in [-0.2, 0) is 0 Å². The van der Waals surface area contributed by atoms with Gasteiger partial charge >= 0.3 is 0 Å². The lowest BCUT2D eigenvalue weighted by molar-refractivity contribution is 0.102. The fraction of sp³-hybridized carbons (Fsp3) is 0.167. The predicted octanol–water partition coefficient (Wildman–Crippen LogP) is 3.91. The maximum Gasteiger partial charge on any atom is 0.255 e. The van der Waals surface area contributed by atoms with Gasteiger partial charge in [0.1, 0.15) is 0 Å². The standard InChI is InChI=1S/C18H17N3O2/c1-11-8-12(2)10-16(9-11)19-17(22)14-4-6-15(7-5-14)18-21-20-13(3)23-18/h4-10H,1-3H3,(H,19,22). The minimum Gasteiger partial charge on any atom is -0.421 e. The summed E-state index contributed by atoms with van der Waals surface area (Å²) in [5.74, 6) is 0.809. The molecule has 0 unspecified atom stereocenters. The average Bonchev–Trinajstić information content (AvgIpc) is 2.93. The Hall–Kier alpha value is -2.95. The molecule has 0 radical (unpaired) electrons. The fourth-order valence-corrected chi connectivity index (χ4v) is 2.43. The van der Waals surface area contributed by atoms with Gasteiger partial charge in [-0.3, -0.25) is 4.79 Å². The Morgan fingerprint density at radius 1 is 0.957 bits per heavy atom. The van der Waals surface area contributed by atoms with E-state index in [1.54, 1.807) is 31.2 Å². The van der Waals surface area contributed by atoms with E-state index in [1.165, 1.54) is 0 Å². The summed E-state index contributed by atoms with van der Waals surface area (Å²) < 4.78 is 5.37. The van der Waals surface area contributed by atoms with Crippen molar-refractivity contribution in [1.82, 2.24) is 10.2 Å². The molecule has 116 valence electrons. The van der Waals surface area contributed by atoms with Crippen molar-refractivity contribution in [3.63, 3.8) is 0 Å². The van der Waals surface area contributed by atoms with E-state index in [0.29, 0.717) is 17.3 Å². The number of aromatic nitrogens is 2. The molecule has 0 spiro atoms. The van der Waals surface area contributed by atoms with E-state index in [4.69, 9.17) is 4.42 Å². The number of hydrogen-bond acceptors (Lipinski definition) is 4. The van der Waals surface area contributed by atoms with Crippen LogP contribution in [0, 0.1) is 20.8 Å². The highest BCUT2D eigenvalue weighted by Crippen LogP contribution is 2.19. The van der Waals surface area contributed by atoms with Gasteiger partial charge in [-0.15, -0.1) is 10.2 Å². The summed E-state index contributed by atoms with van der Waals surface area (Å²) >= 11 is 0. The molecule has 3 aromatic rings. The second-order valence-corrected chi connectivity index (χ2v) is 5.53. The van der Waals surface area contributed by atoms with E-state index in [0.717, 1.165) is 22.4 Å². The third-order valence-electron chi connectivity index (χ3n) is 3.40. The van der Waals surface area contributed by atoms with Crippen molar-refractivity contribution in [3.8, 4) is 11.5 Å². The second-order valence-electron chi connectivity index (χ2n) is 5.53. The molecule has 0 saturated carbocycles. The molecule has 0 aliphatic rings. The van der Waals surface area contributed by atoms with E-state index in [2.05, 4.69) is 21.6 Å². The highest BCUT2D eigenvalue weighted by atomic mass is 16.4. The lowest BCUT2D eigenvalue weighted by Crippen LogP contribution is -2.12. The summed E-state index contributed by atoms with van der Waals surface area (Å²) in [7, 11) is 0. The molecule has 1 aromatic heterocycles. The van der Waals surface area contributed by atoms with Crippen molar-refractivity contribution in [2.24, 2.45) is 0 Å². The van der Waals surface area contributed by atoms with Gasteiger partial charge in [-0.2, -0.15) is 0 Å². The van der Waals surface area contributed by atoms with Crippen LogP contribution in [-0.4, -0.2) is 16.1 Å². The summed E-state index contributed by atoms with van der Waals surface area (Å²) in [6.45, 7) is 5.75. The monoisotopic (exact) mass is 307 g/mol. The first-order valence-corrected chi connectivity index (χ1v) is 7.31. The average molecular weight is 307 g/mol. The van der Waals surface area contributed by atoms with Crippen LogP contribution in [0.3, 0.4) is 0 Å². The Labute approximate surface area is 134 Å². The maximum atomic E-state index is 12.3. The van der Waals surface area contributed by atoms with Crippen molar-refractivity contribution in [1.29, 1.82) is 0 Å². The number of rotatable bonds is 3. The smallest absolute Gasteiger partial charge is 0.255 e. The molecule has 0 aliphatic carbocycles. The molecule has 3 rings (SSSR count). The Morgan fingerprint density at radius 2 is 1.61 bits per heavy atom. The summed E-state index contributed by atoms with van der Waals surface area (Å²) in [4.78, 5) is 12.3. The summed E-state index contributed by atoms with van der Waals surface area (Å²) in [5.41, 5.74) is 4.38. The third-order valence-corrected chi connectivity index (χ3v) is 3.40. The Bertz CT molecular complexity index is 831. The third kappa shape index (κ3) is 3.45. The maximum absolute atomic E-state index is 12.3. The minimum absolute atomic E-state index is 0.150. The Balaban J connectivity index is 1.77. The molecule has 0 aliphatic heterocycles. The number of carbonyl (C=O) groups is 1. The largest absolute Gasteiger partial charge is 0.421 e. The molecule has 5 nitrogen and oxygen atoms in total. The minimum atomic E-state index is -0.150. The molecule has 0 fully saturated rings. The molecular formula is C18H17N3O2. The Morgan fingerprint density at radius 3 is 2.17 bits per heavy atom. The first-order valence-electron chi connectivity index (χ1n) is 7.31. The number of aryl methyl sites for hydroxylation is 3. The zero-order valence-electron chi connectivity index (χ0n) is 13.3. The van der Waals surface area contributed by atoms with E-state index in [-0.39, 0.29) is 5.91 Å². The molecule has 23 heavy (non-hydrogen) atoms. The molecular weight excluding hydrogens is 290 g/mol. The van der Waals surface area contributed by atoms with Crippen LogP contribution in [0.4, 0.5) is 5.69 Å². The SMILES string of the molecule is Cc1cc(C)cc(NC(=O)c2ccc(-c3nnc(C)o3)cc2)c1. The number of nitrogens with one attached hydrogen (secondary N) is 1. The van der Waals surface area contributed by atoms with E-state index in [9.17, 15) is 4.79 Å². The molecule has 5 heteroatoms. The van der Waals surface area contributed by atoms with Crippen LogP contribution >= 0.6 is 0 Å². The lowest BCUT2D eigenvalue weighted by atomic mass is 10.1. The number of hydrogen-bond donors (Lipinski definition) is 1. The summed E-state index contributed by atoms with van der Waals surface area (Å²) in [6, 6.07) is 13.0. The van der Waals surface area contributed by atoms with Gasteiger partial charge in [0.15, 0.2) is 0 Å². The van der Waals surface area contributed by atoms with E-state index < -0.39 is 0 Å². The highest BCUT2D eigenvalue weighted by molar-refractivity contribution is 6.04. The van der Waals surface area contributed by atoms with Crippen molar-refractivity contribution in [3.05, 3.63) is 65.0 Å². The molecule has 0 saturated heterocycles. The number of benzene rings is 2. The molecule has 2 aromatic carbocycles. The van der Waals surface area contributed by atoms with Gasteiger partial charge in [0, 0.05) is 23.7 Å². The molecule has 1 heterocycles. The molecule has 0 atom stereocenters. The summed E-state index contributed by atoms with van der Waals surface area (Å²) in [5, 5.41) is 10.7. The number of carbonyl (C=O) groups excluding carboxylic acids is 1. The van der Waals surface area contributed by atoms with Gasteiger partial charge in [0.2, 0.25) is 11.8 Å². The van der Waals surface area contributed by atoms with Crippen LogP contribution in [0.5, 0.6) is 0 Å². The Kier molecular flexibility index (Phi) is 3.93. The zero-order valence-corrected chi connectivity index (χ0v) is 13.3. The summed E-state index contributed by atoms with van der Waals surface area (Å²) in [6.07, 6.45) is 0. The lowest BCUT2D eigenvalue weighted by Gasteiger charge is -2.08. The van der Waals surface area contributed by atoms with Crippen LogP contribution in [0.15, 0.2) is 46.9 Å². The topological polar surface area (TPSA) is 68.0 Å². The molecule has 0 bridgehead atoms. The molecule has 1 amide bonds. The van der Waals surface area contributed by atoms with Crippen molar-refractivity contribution >= 4 is 11.6 Å². The number of nitrogens with zero attached hydrogens (tertiary/aromatic N) is 2.